The number of methoxy groups -OCH3 is 2. The minimum absolute atomic E-state index is 0.407. The molecule has 0 bridgehead atoms. The number of rotatable bonds is 11. The van der Waals surface area contributed by atoms with E-state index in [1.165, 1.54) is 24.3 Å². The SMILES string of the molecule is COCCCCOc1ccc(-c2ccc(C(F)(F)Oc3ccc(OC)c(F)c3F)cc2)cc1. The molecule has 176 valence electrons. The summed E-state index contributed by atoms with van der Waals surface area (Å²) in [5, 5.41) is 0. The topological polar surface area (TPSA) is 36.9 Å². The van der Waals surface area contributed by atoms with Crippen molar-refractivity contribution < 1.29 is 36.5 Å². The summed E-state index contributed by atoms with van der Waals surface area (Å²) in [5.74, 6) is -3.56. The Labute approximate surface area is 189 Å². The van der Waals surface area contributed by atoms with Gasteiger partial charge in [-0.1, -0.05) is 24.3 Å². The van der Waals surface area contributed by atoms with Crippen molar-refractivity contribution in [1.29, 1.82) is 0 Å². The number of unbranched alkanes of at least 4 members (excludes halogenated alkanes) is 1. The van der Waals surface area contributed by atoms with Gasteiger partial charge in [-0.05, 0) is 60.4 Å². The van der Waals surface area contributed by atoms with Crippen LogP contribution in [0.5, 0.6) is 17.2 Å². The summed E-state index contributed by atoms with van der Waals surface area (Å²) in [6.07, 6.45) is -2.09. The summed E-state index contributed by atoms with van der Waals surface area (Å²) in [5.41, 5.74) is 1.00. The second-order valence-electron chi connectivity index (χ2n) is 7.16. The molecule has 0 atom stereocenters. The van der Waals surface area contributed by atoms with E-state index in [0.717, 1.165) is 37.6 Å². The van der Waals surface area contributed by atoms with E-state index >= 15 is 0 Å². The quantitative estimate of drug-likeness (QED) is 0.237. The van der Waals surface area contributed by atoms with Gasteiger partial charge in [0.05, 0.1) is 19.3 Å². The predicted molar refractivity (Wildman–Crippen MR) is 116 cm³/mol. The Balaban J connectivity index is 1.66. The molecule has 0 radical (unpaired) electrons. The Morgan fingerprint density at radius 3 is 1.85 bits per heavy atom. The van der Waals surface area contributed by atoms with Crippen LogP contribution in [0.2, 0.25) is 0 Å². The first-order chi connectivity index (χ1) is 15.9. The van der Waals surface area contributed by atoms with Crippen LogP contribution in [-0.2, 0) is 10.8 Å². The summed E-state index contributed by atoms with van der Waals surface area (Å²) < 4.78 is 76.7. The molecule has 3 aromatic rings. The van der Waals surface area contributed by atoms with Gasteiger partial charge >= 0.3 is 6.11 Å². The molecule has 0 saturated carbocycles. The molecule has 0 heterocycles. The van der Waals surface area contributed by atoms with E-state index in [9.17, 15) is 17.6 Å². The predicted octanol–water partition coefficient (Wildman–Crippen LogP) is 6.57. The lowest BCUT2D eigenvalue weighted by molar-refractivity contribution is -0.187. The van der Waals surface area contributed by atoms with Crippen LogP contribution in [0.25, 0.3) is 11.1 Å². The fourth-order valence-corrected chi connectivity index (χ4v) is 3.09. The summed E-state index contributed by atoms with van der Waals surface area (Å²) in [6.45, 7) is 1.26. The Morgan fingerprint density at radius 2 is 1.24 bits per heavy atom. The van der Waals surface area contributed by atoms with Crippen LogP contribution in [0.15, 0.2) is 60.7 Å². The molecule has 0 fully saturated rings. The molecular formula is C25H24F4O4. The van der Waals surface area contributed by atoms with Crippen molar-refractivity contribution >= 4 is 0 Å². The zero-order valence-electron chi connectivity index (χ0n) is 18.2. The summed E-state index contributed by atoms with van der Waals surface area (Å²) >= 11 is 0. The van der Waals surface area contributed by atoms with Crippen molar-refractivity contribution in [2.45, 2.75) is 19.0 Å². The molecule has 0 spiro atoms. The highest BCUT2D eigenvalue weighted by Crippen LogP contribution is 2.36. The third-order valence-corrected chi connectivity index (χ3v) is 4.89. The van der Waals surface area contributed by atoms with Gasteiger partial charge in [0.15, 0.2) is 11.5 Å². The molecule has 0 aliphatic heterocycles. The molecule has 8 heteroatoms. The van der Waals surface area contributed by atoms with Gasteiger partial charge in [-0.15, -0.1) is 0 Å². The fraction of sp³-hybridized carbons (Fsp3) is 0.280. The number of alkyl halides is 2. The first-order valence-corrected chi connectivity index (χ1v) is 10.3. The lowest BCUT2D eigenvalue weighted by Crippen LogP contribution is -2.22. The Kier molecular flexibility index (Phi) is 8.16. The largest absolute Gasteiger partial charge is 0.494 e. The summed E-state index contributed by atoms with van der Waals surface area (Å²) in [6, 6.07) is 14.5. The summed E-state index contributed by atoms with van der Waals surface area (Å²) in [7, 11) is 2.79. The van der Waals surface area contributed by atoms with Gasteiger partial charge in [0, 0.05) is 13.7 Å². The fourth-order valence-electron chi connectivity index (χ4n) is 3.09. The average molecular weight is 464 g/mol. The van der Waals surface area contributed by atoms with E-state index in [2.05, 4.69) is 9.47 Å². The molecule has 33 heavy (non-hydrogen) atoms. The molecule has 0 aliphatic rings. The lowest BCUT2D eigenvalue weighted by Gasteiger charge is -2.19. The molecule has 0 amide bonds. The van der Waals surface area contributed by atoms with Gasteiger partial charge in [-0.3, -0.25) is 0 Å². The molecule has 4 nitrogen and oxygen atoms in total. The van der Waals surface area contributed by atoms with Crippen molar-refractivity contribution in [3.05, 3.63) is 77.9 Å². The number of halogens is 4. The van der Waals surface area contributed by atoms with E-state index in [1.54, 1.807) is 19.2 Å². The van der Waals surface area contributed by atoms with Gasteiger partial charge in [0.25, 0.3) is 0 Å². The minimum Gasteiger partial charge on any atom is -0.494 e. The second kappa shape index (κ2) is 11.0. The van der Waals surface area contributed by atoms with E-state index in [0.29, 0.717) is 24.5 Å². The third kappa shape index (κ3) is 6.16. The van der Waals surface area contributed by atoms with Gasteiger partial charge in [-0.2, -0.15) is 17.6 Å². The van der Waals surface area contributed by atoms with Crippen LogP contribution >= 0.6 is 0 Å². The smallest absolute Gasteiger partial charge is 0.426 e. The van der Waals surface area contributed by atoms with Crippen LogP contribution in [0.3, 0.4) is 0 Å². The molecule has 0 saturated heterocycles. The van der Waals surface area contributed by atoms with Gasteiger partial charge in [0.1, 0.15) is 5.75 Å². The van der Waals surface area contributed by atoms with Crippen LogP contribution in [0, 0.1) is 11.6 Å². The first kappa shape index (κ1) is 24.4. The standard InChI is InChI=1S/C25H24F4O4/c1-30-15-3-4-16-32-20-11-7-18(8-12-20)17-5-9-19(10-6-17)25(28,29)33-22-14-13-21(31-2)23(26)24(22)27/h5-14H,3-4,15-16H2,1-2H3. The van der Waals surface area contributed by atoms with Crippen molar-refractivity contribution in [2.75, 3.05) is 27.4 Å². The highest BCUT2D eigenvalue weighted by atomic mass is 19.3. The Hall–Kier alpha value is -3.26. The zero-order valence-corrected chi connectivity index (χ0v) is 18.2. The molecule has 0 aromatic heterocycles. The van der Waals surface area contributed by atoms with Crippen molar-refractivity contribution in [2.24, 2.45) is 0 Å². The zero-order chi connectivity index (χ0) is 23.8. The highest BCUT2D eigenvalue weighted by molar-refractivity contribution is 5.64. The molecule has 0 aliphatic carbocycles. The number of hydrogen-bond acceptors (Lipinski definition) is 4. The molecule has 3 aromatic carbocycles. The van der Waals surface area contributed by atoms with Crippen molar-refractivity contribution in [1.82, 2.24) is 0 Å². The first-order valence-electron chi connectivity index (χ1n) is 10.3. The molecular weight excluding hydrogens is 440 g/mol. The van der Waals surface area contributed by atoms with Crippen LogP contribution in [-0.4, -0.2) is 27.4 Å². The van der Waals surface area contributed by atoms with Gasteiger partial charge in [0.2, 0.25) is 11.6 Å². The maximum Gasteiger partial charge on any atom is 0.426 e. The third-order valence-electron chi connectivity index (χ3n) is 4.89. The minimum atomic E-state index is -3.87. The van der Waals surface area contributed by atoms with Crippen LogP contribution in [0.4, 0.5) is 17.6 Å². The monoisotopic (exact) mass is 464 g/mol. The maximum absolute atomic E-state index is 14.6. The van der Waals surface area contributed by atoms with Crippen molar-refractivity contribution in [3.63, 3.8) is 0 Å². The normalized spacial score (nSPS) is 11.3. The molecule has 0 unspecified atom stereocenters. The molecule has 3 rings (SSSR count). The van der Waals surface area contributed by atoms with E-state index in [4.69, 9.17) is 9.47 Å². The van der Waals surface area contributed by atoms with Gasteiger partial charge < -0.3 is 18.9 Å². The van der Waals surface area contributed by atoms with E-state index in [-0.39, 0.29) is 0 Å². The summed E-state index contributed by atoms with van der Waals surface area (Å²) in [4.78, 5) is 0. The van der Waals surface area contributed by atoms with Gasteiger partial charge in [-0.25, -0.2) is 0 Å². The Bertz CT molecular complexity index is 1040. The lowest BCUT2D eigenvalue weighted by atomic mass is 10.0. The number of ether oxygens (including phenoxy) is 4. The Morgan fingerprint density at radius 1 is 0.697 bits per heavy atom. The van der Waals surface area contributed by atoms with Crippen LogP contribution < -0.4 is 14.2 Å². The maximum atomic E-state index is 14.6. The average Bonchev–Trinajstić information content (AvgIpc) is 2.82. The van der Waals surface area contributed by atoms with Crippen molar-refractivity contribution in [3.8, 4) is 28.4 Å². The van der Waals surface area contributed by atoms with E-state index in [1.807, 2.05) is 12.1 Å². The highest BCUT2D eigenvalue weighted by Gasteiger charge is 2.36. The van der Waals surface area contributed by atoms with E-state index < -0.39 is 34.8 Å². The second-order valence-corrected chi connectivity index (χ2v) is 7.16. The molecule has 0 N–H and O–H groups in total. The number of benzene rings is 3. The van der Waals surface area contributed by atoms with Crippen LogP contribution in [0.1, 0.15) is 18.4 Å². The number of hydrogen-bond donors (Lipinski definition) is 0.